The molecule has 7 aromatic carbocycles. The van der Waals surface area contributed by atoms with E-state index in [1.54, 1.807) is 0 Å². The van der Waals surface area contributed by atoms with Gasteiger partial charge in [-0.25, -0.2) is 4.98 Å². The number of pyridine rings is 1. The highest BCUT2D eigenvalue weighted by atomic mass is 14.8. The Labute approximate surface area is 293 Å². The van der Waals surface area contributed by atoms with Gasteiger partial charge in [0.15, 0.2) is 0 Å². The van der Waals surface area contributed by atoms with Crippen molar-refractivity contribution < 1.29 is 0 Å². The molecule has 2 unspecified atom stereocenters. The van der Waals surface area contributed by atoms with Crippen LogP contribution in [0, 0.1) is 0 Å². The topological polar surface area (TPSA) is 25.2 Å². The minimum atomic E-state index is 0.0874. The summed E-state index contributed by atoms with van der Waals surface area (Å²) in [5.41, 5.74) is 11.5. The van der Waals surface area contributed by atoms with E-state index in [0.29, 0.717) is 5.92 Å². The fraction of sp³-hybridized carbons (Fsp3) is 0.0833. The lowest BCUT2D eigenvalue weighted by atomic mass is 9.85. The summed E-state index contributed by atoms with van der Waals surface area (Å²) in [6.45, 7) is 0. The van der Waals surface area contributed by atoms with E-state index in [1.807, 2.05) is 0 Å². The minimum absolute atomic E-state index is 0.0874. The maximum absolute atomic E-state index is 5.23. The van der Waals surface area contributed by atoms with Gasteiger partial charge in [0.25, 0.3) is 0 Å². The van der Waals surface area contributed by atoms with Crippen LogP contribution in [0.2, 0.25) is 0 Å². The zero-order valence-electron chi connectivity index (χ0n) is 27.8. The van der Waals surface area contributed by atoms with E-state index in [0.717, 1.165) is 40.9 Å². The van der Waals surface area contributed by atoms with E-state index < -0.39 is 0 Å². The second-order valence-electron chi connectivity index (χ2n) is 13.3. The van der Waals surface area contributed by atoms with Crippen LogP contribution in [-0.2, 0) is 0 Å². The average Bonchev–Trinajstić information content (AvgIpc) is 3.21. The molecule has 1 aromatic heterocycles. The van der Waals surface area contributed by atoms with Gasteiger partial charge in [0.2, 0.25) is 0 Å². The molecule has 2 atom stereocenters. The van der Waals surface area contributed by atoms with Crippen molar-refractivity contribution >= 4 is 27.8 Å². The maximum atomic E-state index is 5.23. The Morgan fingerprint density at radius 1 is 0.400 bits per heavy atom. The van der Waals surface area contributed by atoms with Gasteiger partial charge in [0, 0.05) is 23.3 Å². The number of rotatable bonds is 6. The molecule has 2 heterocycles. The molecule has 0 saturated heterocycles. The number of hydrogen-bond acceptors (Lipinski definition) is 2. The third-order valence-corrected chi connectivity index (χ3v) is 10.1. The molecule has 1 aliphatic heterocycles. The Bertz CT molecular complexity index is 2430. The van der Waals surface area contributed by atoms with Crippen molar-refractivity contribution in [1.82, 2.24) is 4.98 Å². The molecule has 0 radical (unpaired) electrons. The van der Waals surface area contributed by atoms with E-state index >= 15 is 0 Å². The number of hydrogen-bond donors (Lipinski definition) is 0. The molecule has 8 aromatic rings. The Kier molecular flexibility index (Phi) is 7.83. The van der Waals surface area contributed by atoms with Crippen LogP contribution in [0.4, 0.5) is 0 Å². The molecule has 0 fully saturated rings. The third kappa shape index (κ3) is 5.80. The average molecular weight is 641 g/mol. The predicted molar refractivity (Wildman–Crippen MR) is 211 cm³/mol. The Morgan fingerprint density at radius 2 is 0.960 bits per heavy atom. The molecule has 0 aliphatic carbocycles. The Hall–Kier alpha value is -6.12. The monoisotopic (exact) mass is 640 g/mol. The van der Waals surface area contributed by atoms with Crippen molar-refractivity contribution in [2.75, 3.05) is 0 Å². The predicted octanol–water partition coefficient (Wildman–Crippen LogP) is 12.7. The maximum Gasteiger partial charge on any atom is 0.0746 e. The lowest BCUT2D eigenvalue weighted by Gasteiger charge is -2.24. The summed E-state index contributed by atoms with van der Waals surface area (Å²) >= 11 is 0. The Morgan fingerprint density at radius 3 is 1.62 bits per heavy atom. The van der Waals surface area contributed by atoms with Crippen LogP contribution in [0.15, 0.2) is 181 Å². The van der Waals surface area contributed by atoms with Crippen LogP contribution in [0.5, 0.6) is 0 Å². The summed E-state index contributed by atoms with van der Waals surface area (Å²) in [6.07, 6.45) is 4.26. The summed E-state index contributed by atoms with van der Waals surface area (Å²) in [5, 5.41) is 5.06. The van der Waals surface area contributed by atoms with Gasteiger partial charge < -0.3 is 0 Å². The molecule has 0 spiro atoms. The van der Waals surface area contributed by atoms with E-state index in [-0.39, 0.29) is 6.04 Å². The largest absolute Gasteiger partial charge is 0.289 e. The van der Waals surface area contributed by atoms with Crippen LogP contribution >= 0.6 is 0 Å². The van der Waals surface area contributed by atoms with Gasteiger partial charge in [-0.15, -0.1) is 0 Å². The van der Waals surface area contributed by atoms with Gasteiger partial charge in [0.05, 0.1) is 17.4 Å². The number of benzene rings is 7. The molecule has 9 rings (SSSR count). The molecule has 2 nitrogen and oxygen atoms in total. The van der Waals surface area contributed by atoms with Crippen LogP contribution in [0.1, 0.15) is 35.9 Å². The molecule has 0 saturated carbocycles. The van der Waals surface area contributed by atoms with Crippen LogP contribution in [0.3, 0.4) is 0 Å². The summed E-state index contributed by atoms with van der Waals surface area (Å²) in [6, 6.07) is 63.4. The molecule has 1 aliphatic rings. The van der Waals surface area contributed by atoms with Gasteiger partial charge in [-0.2, -0.15) is 0 Å². The van der Waals surface area contributed by atoms with E-state index in [4.69, 9.17) is 9.98 Å². The van der Waals surface area contributed by atoms with Crippen molar-refractivity contribution in [3.05, 3.63) is 187 Å². The standard InChI is InChI=1S/C48H36N2/c1-4-14-33(15-5-1)37-24-25-46(49-32-37)41-27-38(26-40(28-41)45-29-36-20-10-11-21-42(36)43-22-12-13-23-44(43)45)39-30-47(34-16-6-2-7-17-34)50-48(31-39)35-18-8-3-9-19-35/h1-23,26-32,37,46H,24-25H2. The second-order valence-corrected chi connectivity index (χ2v) is 13.3. The van der Waals surface area contributed by atoms with Gasteiger partial charge >= 0.3 is 0 Å². The number of aromatic nitrogens is 1. The van der Waals surface area contributed by atoms with E-state index in [1.165, 1.54) is 49.4 Å². The lowest BCUT2D eigenvalue weighted by molar-refractivity contribution is 0.570. The van der Waals surface area contributed by atoms with Crippen molar-refractivity contribution in [2.24, 2.45) is 4.99 Å². The van der Waals surface area contributed by atoms with Crippen LogP contribution in [0.25, 0.3) is 66.3 Å². The molecule has 0 N–H and O–H groups in total. The quantitative estimate of drug-likeness (QED) is 0.166. The van der Waals surface area contributed by atoms with E-state index in [9.17, 15) is 0 Å². The first-order valence-corrected chi connectivity index (χ1v) is 17.5. The highest BCUT2D eigenvalue weighted by Gasteiger charge is 2.22. The van der Waals surface area contributed by atoms with Crippen molar-refractivity contribution in [1.29, 1.82) is 0 Å². The molecule has 0 amide bonds. The van der Waals surface area contributed by atoms with Gasteiger partial charge in [-0.3, -0.25) is 4.99 Å². The second kappa shape index (κ2) is 13.1. The zero-order valence-corrected chi connectivity index (χ0v) is 27.8. The number of aliphatic imine (C=N–C) groups is 1. The van der Waals surface area contributed by atoms with Crippen molar-refractivity contribution in [3.8, 4) is 44.8 Å². The van der Waals surface area contributed by atoms with Crippen molar-refractivity contribution in [3.63, 3.8) is 0 Å². The number of nitrogens with zero attached hydrogens (tertiary/aromatic N) is 2. The molecular weight excluding hydrogens is 605 g/mol. The van der Waals surface area contributed by atoms with Gasteiger partial charge in [-0.05, 0) is 104 Å². The van der Waals surface area contributed by atoms with Crippen LogP contribution in [-0.4, -0.2) is 11.2 Å². The first kappa shape index (κ1) is 30.0. The molecule has 50 heavy (non-hydrogen) atoms. The van der Waals surface area contributed by atoms with Gasteiger partial charge in [-0.1, -0.05) is 140 Å². The minimum Gasteiger partial charge on any atom is -0.289 e. The van der Waals surface area contributed by atoms with E-state index in [2.05, 4.69) is 182 Å². The summed E-state index contributed by atoms with van der Waals surface area (Å²) in [4.78, 5) is 10.4. The van der Waals surface area contributed by atoms with Crippen molar-refractivity contribution in [2.45, 2.75) is 24.8 Å². The first-order chi connectivity index (χ1) is 24.8. The SMILES string of the molecule is C1=NC(c2cc(-c3cc(-c4ccccc4)nc(-c4ccccc4)c3)cc(-c3cc4ccccc4c4ccccc34)c2)CCC1c1ccccc1. The summed E-state index contributed by atoms with van der Waals surface area (Å²) in [5.74, 6) is 0.349. The first-order valence-electron chi connectivity index (χ1n) is 17.5. The van der Waals surface area contributed by atoms with Crippen LogP contribution < -0.4 is 0 Å². The highest BCUT2D eigenvalue weighted by Crippen LogP contribution is 2.41. The fourth-order valence-electron chi connectivity index (χ4n) is 7.57. The smallest absolute Gasteiger partial charge is 0.0746 e. The molecule has 0 bridgehead atoms. The molecule has 2 heteroatoms. The van der Waals surface area contributed by atoms with Gasteiger partial charge in [0.1, 0.15) is 0 Å². The number of fused-ring (bicyclic) bond motifs is 3. The molecular formula is C48H36N2. The zero-order chi connectivity index (χ0) is 33.3. The molecule has 238 valence electrons. The third-order valence-electron chi connectivity index (χ3n) is 10.1. The normalized spacial score (nSPS) is 15.8. The lowest BCUT2D eigenvalue weighted by Crippen LogP contribution is -2.10. The Balaban J connectivity index is 1.25. The fourth-order valence-corrected chi connectivity index (χ4v) is 7.57. The highest BCUT2D eigenvalue weighted by molar-refractivity contribution is 6.14. The summed E-state index contributed by atoms with van der Waals surface area (Å²) in [7, 11) is 0. The summed E-state index contributed by atoms with van der Waals surface area (Å²) < 4.78 is 0.